The number of nitrogens with zero attached hydrogens (tertiary/aromatic N) is 2. The fourth-order valence-electron chi connectivity index (χ4n) is 7.12. The second-order valence-electron chi connectivity index (χ2n) is 12.3. The molecule has 0 spiro atoms. The van der Waals surface area contributed by atoms with Gasteiger partial charge in [0.25, 0.3) is 5.56 Å². The van der Waals surface area contributed by atoms with E-state index < -0.39 is 91.3 Å². The summed E-state index contributed by atoms with van der Waals surface area (Å²) in [7, 11) is 2.33. The van der Waals surface area contributed by atoms with Crippen LogP contribution in [0.4, 0.5) is 0 Å². The molecule has 0 saturated carbocycles. The number of phenolic OH excluding ortho intramolecular Hbond substituents is 2. The van der Waals surface area contributed by atoms with E-state index in [1.54, 1.807) is 0 Å². The molecule has 1 aromatic heterocycles. The molecule has 5 aromatic carbocycles. The van der Waals surface area contributed by atoms with E-state index in [0.29, 0.717) is 0 Å². The van der Waals surface area contributed by atoms with Gasteiger partial charge in [-0.25, -0.2) is 4.79 Å². The number of nitrogens with one attached hydrogen (secondary N) is 1. The number of hydrogen-bond acceptors (Lipinski definition) is 12. The molecule has 6 aromatic rings. The SMILES string of the molecule is COC(=O)C1CN(C(=O)Cn2c(C)cc3c(=O)c4ccc5c(OC)c6c(=O)c7c(O)cccc7c(=O)c6c(O)c5c4c(=O)c3c2=O)C(C)C(=O)N1. The van der Waals surface area contributed by atoms with Gasteiger partial charge in [-0.3, -0.25) is 33.6 Å². The predicted octanol–water partition coefficient (Wildman–Crippen LogP) is 0.547. The van der Waals surface area contributed by atoms with Crippen LogP contribution in [-0.2, 0) is 25.7 Å². The lowest BCUT2D eigenvalue weighted by Gasteiger charge is -2.36. The number of benzene rings is 5. The number of pyridine rings is 1. The number of phenols is 2. The van der Waals surface area contributed by atoms with Crippen molar-refractivity contribution in [2.45, 2.75) is 32.5 Å². The summed E-state index contributed by atoms with van der Waals surface area (Å²) in [5.74, 6) is -3.63. The van der Waals surface area contributed by atoms with Crippen molar-refractivity contribution in [2.75, 3.05) is 20.8 Å². The van der Waals surface area contributed by atoms with Crippen LogP contribution in [0.5, 0.6) is 17.2 Å². The maximum Gasteiger partial charge on any atom is 0.330 e. The molecule has 51 heavy (non-hydrogen) atoms. The number of rotatable bonds is 4. The van der Waals surface area contributed by atoms with E-state index in [1.807, 2.05) is 0 Å². The van der Waals surface area contributed by atoms with Crippen molar-refractivity contribution in [1.82, 2.24) is 14.8 Å². The van der Waals surface area contributed by atoms with E-state index in [9.17, 15) is 48.6 Å². The van der Waals surface area contributed by atoms with E-state index in [4.69, 9.17) is 9.47 Å². The van der Waals surface area contributed by atoms with Crippen molar-refractivity contribution < 1.29 is 34.1 Å². The zero-order chi connectivity index (χ0) is 36.8. The van der Waals surface area contributed by atoms with E-state index in [0.717, 1.165) is 16.6 Å². The van der Waals surface area contributed by atoms with Gasteiger partial charge >= 0.3 is 5.97 Å². The Bertz CT molecular complexity index is 2890. The number of ether oxygens (including phenoxy) is 2. The maximum absolute atomic E-state index is 14.4. The quantitative estimate of drug-likeness (QED) is 0.131. The summed E-state index contributed by atoms with van der Waals surface area (Å²) in [5, 5.41) is 21.4. The van der Waals surface area contributed by atoms with Gasteiger partial charge in [0.15, 0.2) is 10.9 Å². The largest absolute Gasteiger partial charge is 0.507 e. The summed E-state index contributed by atoms with van der Waals surface area (Å²) >= 11 is 0. The lowest BCUT2D eigenvalue weighted by Crippen LogP contribution is -2.63. The van der Waals surface area contributed by atoms with Gasteiger partial charge in [-0.15, -0.1) is 0 Å². The number of esters is 1. The second kappa shape index (κ2) is 11.5. The molecule has 1 fully saturated rings. The molecule has 2 atom stereocenters. The maximum atomic E-state index is 14.4. The van der Waals surface area contributed by atoms with Crippen molar-refractivity contribution >= 4 is 71.6 Å². The molecule has 0 bridgehead atoms. The Morgan fingerprint density at radius 2 is 1.47 bits per heavy atom. The Labute approximate surface area is 284 Å². The zero-order valence-corrected chi connectivity index (χ0v) is 27.4. The number of aromatic nitrogens is 1. The van der Waals surface area contributed by atoms with Gasteiger partial charge in [-0.1, -0.05) is 12.1 Å². The molecular formula is C36H27N3O12. The van der Waals surface area contributed by atoms with Crippen LogP contribution in [0.3, 0.4) is 0 Å². The Balaban J connectivity index is 1.52. The highest BCUT2D eigenvalue weighted by atomic mass is 16.5. The first-order valence-electron chi connectivity index (χ1n) is 15.6. The molecule has 0 aliphatic carbocycles. The summed E-state index contributed by atoms with van der Waals surface area (Å²) in [5.41, 5.74) is -4.31. The molecule has 1 saturated heterocycles. The lowest BCUT2D eigenvalue weighted by molar-refractivity contribution is -0.153. The van der Waals surface area contributed by atoms with Gasteiger partial charge in [0, 0.05) is 38.0 Å². The highest BCUT2D eigenvalue weighted by molar-refractivity contribution is 6.23. The zero-order valence-electron chi connectivity index (χ0n) is 27.4. The minimum absolute atomic E-state index is 0.0303. The molecule has 15 heteroatoms. The van der Waals surface area contributed by atoms with Gasteiger partial charge in [0.05, 0.1) is 42.3 Å². The van der Waals surface area contributed by atoms with Crippen LogP contribution in [0.2, 0.25) is 0 Å². The number of methoxy groups -OCH3 is 2. The highest BCUT2D eigenvalue weighted by Gasteiger charge is 2.38. The number of aromatic hydroxyl groups is 2. The first-order valence-corrected chi connectivity index (χ1v) is 15.6. The number of carbonyl (C=O) groups is 3. The minimum atomic E-state index is -1.15. The molecule has 2 amide bonds. The molecule has 0 radical (unpaired) electrons. The third-order valence-corrected chi connectivity index (χ3v) is 9.67. The van der Waals surface area contributed by atoms with Crippen LogP contribution in [0.15, 0.2) is 60.4 Å². The van der Waals surface area contributed by atoms with Crippen LogP contribution in [0, 0.1) is 6.92 Å². The standard InChI is InChI=1S/C36H27N3O12/c1-13-10-18-25(35(48)38(13)12-21(41)39-11-19(36(49)51-4)37-34(47)14(39)2)31(45)23-16(28(18)42)8-9-17-24(23)32(46)26-27(33(17)50-3)30(44)22-15(29(26)43)6-5-7-20(22)40/h5-10,14,19,40,46H,11-12H2,1-4H3,(H,37,47). The first-order chi connectivity index (χ1) is 24.2. The average Bonchev–Trinajstić information content (AvgIpc) is 3.11. The Morgan fingerprint density at radius 3 is 2.16 bits per heavy atom. The number of amides is 2. The van der Waals surface area contributed by atoms with E-state index in [1.165, 1.54) is 57.4 Å². The van der Waals surface area contributed by atoms with Crippen molar-refractivity contribution in [3.05, 3.63) is 93.3 Å². The number of fused-ring (bicyclic) bond motifs is 6. The third kappa shape index (κ3) is 4.50. The fourth-order valence-corrected chi connectivity index (χ4v) is 7.12. The Hall–Kier alpha value is -6.64. The topological polar surface area (TPSA) is 216 Å². The molecule has 1 aliphatic rings. The van der Waals surface area contributed by atoms with Crippen LogP contribution >= 0.6 is 0 Å². The molecular weight excluding hydrogens is 666 g/mol. The molecule has 2 unspecified atom stereocenters. The Kier molecular flexibility index (Phi) is 7.40. The Morgan fingerprint density at radius 1 is 0.804 bits per heavy atom. The van der Waals surface area contributed by atoms with Crippen LogP contribution < -0.4 is 37.3 Å². The van der Waals surface area contributed by atoms with Crippen LogP contribution in [0.1, 0.15) is 12.6 Å². The monoisotopic (exact) mass is 693 g/mol. The molecule has 7 rings (SSSR count). The summed E-state index contributed by atoms with van der Waals surface area (Å²) in [6, 6.07) is 5.60. The fraction of sp³-hybridized carbons (Fsp3) is 0.222. The van der Waals surface area contributed by atoms with Crippen molar-refractivity contribution in [3.63, 3.8) is 0 Å². The summed E-state index contributed by atoms with van der Waals surface area (Å²) in [4.78, 5) is 109. The smallest absolute Gasteiger partial charge is 0.330 e. The second-order valence-corrected chi connectivity index (χ2v) is 12.3. The average molecular weight is 694 g/mol. The lowest BCUT2D eigenvalue weighted by atomic mass is 9.92. The summed E-state index contributed by atoms with van der Waals surface area (Å²) in [6.07, 6.45) is 0. The third-order valence-electron chi connectivity index (χ3n) is 9.67. The van der Waals surface area contributed by atoms with E-state index >= 15 is 0 Å². The summed E-state index contributed by atoms with van der Waals surface area (Å²) in [6.45, 7) is 1.98. The van der Waals surface area contributed by atoms with Crippen molar-refractivity contribution in [1.29, 1.82) is 0 Å². The molecule has 1 aliphatic heterocycles. The van der Waals surface area contributed by atoms with Crippen molar-refractivity contribution in [3.8, 4) is 17.2 Å². The van der Waals surface area contributed by atoms with Crippen LogP contribution in [-0.4, -0.2) is 70.3 Å². The number of carbonyl (C=O) groups excluding carboxylic acids is 3. The highest BCUT2D eigenvalue weighted by Crippen LogP contribution is 2.43. The van der Waals surface area contributed by atoms with Gasteiger partial charge in [0.2, 0.25) is 22.7 Å². The van der Waals surface area contributed by atoms with Gasteiger partial charge in [-0.05, 0) is 38.1 Å². The minimum Gasteiger partial charge on any atom is -0.507 e. The first kappa shape index (κ1) is 32.9. The molecule has 2 heterocycles. The molecule has 258 valence electrons. The summed E-state index contributed by atoms with van der Waals surface area (Å²) < 4.78 is 11.2. The normalized spacial score (nSPS) is 16.3. The molecule has 3 N–H and O–H groups in total. The number of piperazine rings is 1. The van der Waals surface area contributed by atoms with Gasteiger partial charge < -0.3 is 34.5 Å². The van der Waals surface area contributed by atoms with E-state index in [-0.39, 0.29) is 55.7 Å². The molecule has 15 nitrogen and oxygen atoms in total. The van der Waals surface area contributed by atoms with Gasteiger partial charge in [-0.2, -0.15) is 0 Å². The van der Waals surface area contributed by atoms with Crippen molar-refractivity contribution in [2.24, 2.45) is 0 Å². The van der Waals surface area contributed by atoms with Crippen LogP contribution in [0.25, 0.3) is 53.9 Å². The number of aryl methyl sites for hydroxylation is 1. The van der Waals surface area contributed by atoms with E-state index in [2.05, 4.69) is 5.32 Å². The predicted molar refractivity (Wildman–Crippen MR) is 185 cm³/mol. The number of hydrogen-bond donors (Lipinski definition) is 3. The van der Waals surface area contributed by atoms with Gasteiger partial charge in [0.1, 0.15) is 35.9 Å².